The molecule has 0 fully saturated rings. The summed E-state index contributed by atoms with van der Waals surface area (Å²) in [7, 11) is 0. The summed E-state index contributed by atoms with van der Waals surface area (Å²) >= 11 is 0. The topological polar surface area (TPSA) is 40.6 Å². The summed E-state index contributed by atoms with van der Waals surface area (Å²) in [6.45, 7) is 0. The Morgan fingerprint density at radius 2 is 0.542 bits per heavy atom. The van der Waals surface area contributed by atoms with Crippen LogP contribution in [0.1, 0.15) is 22.3 Å². The summed E-state index contributed by atoms with van der Waals surface area (Å²) in [6.07, 6.45) is 4.21. The first kappa shape index (κ1) is 66.5. The van der Waals surface area contributed by atoms with Crippen molar-refractivity contribution in [2.24, 2.45) is 0 Å². The molecule has 120 heavy (non-hydrogen) atoms. The van der Waals surface area contributed by atoms with E-state index in [9.17, 15) is 0 Å². The molecule has 0 radical (unpaired) electrons. The summed E-state index contributed by atoms with van der Waals surface area (Å²) < 4.78 is 7.31. The second-order valence-corrected chi connectivity index (χ2v) is 32.5. The minimum atomic E-state index is -0.492. The molecule has 0 saturated carbocycles. The largest absolute Gasteiger partial charge is 0.309 e. The highest BCUT2D eigenvalue weighted by atomic mass is 15.0. The normalized spacial score (nSPS) is 12.7. The Morgan fingerprint density at radius 3 is 1.14 bits per heavy atom. The van der Waals surface area contributed by atoms with Crippen molar-refractivity contribution >= 4 is 87.0 Å². The summed E-state index contributed by atoms with van der Waals surface area (Å²) in [5, 5.41) is 12.0. The molecule has 0 atom stereocenters. The zero-order chi connectivity index (χ0) is 78.4. The monoisotopic (exact) mass is 1520 g/mol. The van der Waals surface area contributed by atoms with Crippen molar-refractivity contribution < 1.29 is 0 Å². The van der Waals surface area contributed by atoms with Gasteiger partial charge in [0, 0.05) is 106 Å². The molecule has 3 aliphatic carbocycles. The lowest BCUT2D eigenvalue weighted by Crippen LogP contribution is -2.28. The molecule has 5 heteroatoms. The number of aromatic nitrogens is 5. The average Bonchev–Trinajstić information content (AvgIpc) is 1.52. The number of hydrogen-bond donors (Lipinski definition) is 0. The van der Waals surface area contributed by atoms with Gasteiger partial charge in [0.15, 0.2) is 0 Å². The minimum absolute atomic E-state index is 0.492. The summed E-state index contributed by atoms with van der Waals surface area (Å²) in [5.74, 6) is 0. The predicted molar refractivity (Wildman–Crippen MR) is 499 cm³/mol. The van der Waals surface area contributed by atoms with Crippen LogP contribution in [0.15, 0.2) is 419 Å². The van der Waals surface area contributed by atoms with Crippen LogP contribution in [0.25, 0.3) is 227 Å². The molecule has 0 amide bonds. The standard InChI is InChI=1S/C115H69N5/c1-5-27-79(28-6-1)115(80-29-7-2-8-30-80)102-46-17-15-38-87(102)88-54-48-75(67-103(88)115)74-52-55-105-95(62-74)89-39-16-18-47-104(89)120(105)83-35-20-26-78(61-83)114-94-45-23-43-92-110-84(40-21-42-91(110)101(69-117-114)112(92)94)76-53-59-109-99(66-76)98-65-73(51-58-108(98)119(109)82-33-11-4-12-34-82)72-50-57-107-97(64-72)96-63-71(49-56-106(96)118(107)81-31-9-3-10-32-81)70-24-19-25-77(60-70)113-93-44-22-41-90-85-36-13-14-37-86(85)100(68-116-113)111(90)93/h1-69H. The van der Waals surface area contributed by atoms with E-state index in [1.54, 1.807) is 0 Å². The van der Waals surface area contributed by atoms with Crippen LogP contribution in [-0.2, 0) is 5.41 Å². The molecule has 5 heterocycles. The molecular weight excluding hydrogens is 1450 g/mol. The smallest absolute Gasteiger partial charge is 0.0781 e. The molecule has 5 aromatic heterocycles. The van der Waals surface area contributed by atoms with Crippen LogP contribution in [0, 0.1) is 0 Å². The minimum Gasteiger partial charge on any atom is -0.309 e. The lowest BCUT2D eigenvalue weighted by atomic mass is 9.67. The van der Waals surface area contributed by atoms with E-state index in [4.69, 9.17) is 9.97 Å². The molecule has 0 bridgehead atoms. The Balaban J connectivity index is 0.563. The van der Waals surface area contributed by atoms with E-state index in [-0.39, 0.29) is 0 Å². The third kappa shape index (κ3) is 9.54. The van der Waals surface area contributed by atoms with Crippen molar-refractivity contribution in [1.29, 1.82) is 0 Å². The Labute approximate surface area is 692 Å². The van der Waals surface area contributed by atoms with E-state index in [2.05, 4.69) is 433 Å². The molecule has 0 N–H and O–H groups in total. The third-order valence-electron chi connectivity index (χ3n) is 26.5. The number of pyridine rings is 2. The highest BCUT2D eigenvalue weighted by Gasteiger charge is 2.46. The Morgan fingerprint density at radius 1 is 0.183 bits per heavy atom. The maximum Gasteiger partial charge on any atom is 0.0781 e. The van der Waals surface area contributed by atoms with E-state index in [1.807, 2.05) is 0 Å². The second kappa shape index (κ2) is 25.6. The summed E-state index contributed by atoms with van der Waals surface area (Å²) in [5.41, 5.74) is 40.7. The van der Waals surface area contributed by atoms with Crippen LogP contribution in [-0.4, -0.2) is 23.7 Å². The van der Waals surface area contributed by atoms with E-state index >= 15 is 0 Å². The molecule has 0 aliphatic heterocycles. The van der Waals surface area contributed by atoms with Gasteiger partial charge in [-0.05, 0) is 227 Å². The van der Waals surface area contributed by atoms with Gasteiger partial charge in [-0.15, -0.1) is 0 Å². The van der Waals surface area contributed by atoms with Gasteiger partial charge in [-0.2, -0.15) is 0 Å². The van der Waals surface area contributed by atoms with Crippen molar-refractivity contribution in [3.05, 3.63) is 441 Å². The van der Waals surface area contributed by atoms with Crippen molar-refractivity contribution in [3.63, 3.8) is 0 Å². The molecule has 0 saturated heterocycles. The fourth-order valence-corrected chi connectivity index (χ4v) is 21.3. The zero-order valence-corrected chi connectivity index (χ0v) is 65.1. The van der Waals surface area contributed by atoms with Gasteiger partial charge in [0.05, 0.1) is 49.9 Å². The predicted octanol–water partition coefficient (Wildman–Crippen LogP) is 29.7. The van der Waals surface area contributed by atoms with Crippen molar-refractivity contribution in [2.45, 2.75) is 5.41 Å². The van der Waals surface area contributed by atoms with Crippen molar-refractivity contribution in [2.75, 3.05) is 0 Å². The van der Waals surface area contributed by atoms with Gasteiger partial charge in [0.1, 0.15) is 0 Å². The lowest BCUT2D eigenvalue weighted by molar-refractivity contribution is 0.769. The van der Waals surface area contributed by atoms with Crippen LogP contribution in [0.3, 0.4) is 0 Å². The quantitative estimate of drug-likeness (QED) is 0.129. The maximum absolute atomic E-state index is 5.48. The van der Waals surface area contributed by atoms with Gasteiger partial charge >= 0.3 is 0 Å². The van der Waals surface area contributed by atoms with Crippen LogP contribution in [0.2, 0.25) is 0 Å². The summed E-state index contributed by atoms with van der Waals surface area (Å²) in [4.78, 5) is 10.7. The molecule has 18 aromatic carbocycles. The van der Waals surface area contributed by atoms with Crippen LogP contribution < -0.4 is 0 Å². The first-order chi connectivity index (χ1) is 59.5. The van der Waals surface area contributed by atoms with Gasteiger partial charge in [-0.25, -0.2) is 0 Å². The van der Waals surface area contributed by atoms with Gasteiger partial charge in [-0.3, -0.25) is 9.97 Å². The fraction of sp³-hybridized carbons (Fsp3) is 0.00870. The number of hydrogen-bond acceptors (Lipinski definition) is 2. The van der Waals surface area contributed by atoms with Gasteiger partial charge in [0.2, 0.25) is 0 Å². The van der Waals surface area contributed by atoms with E-state index in [0.29, 0.717) is 0 Å². The van der Waals surface area contributed by atoms with Gasteiger partial charge in [-0.1, -0.05) is 291 Å². The van der Waals surface area contributed by atoms with Crippen LogP contribution >= 0.6 is 0 Å². The zero-order valence-electron chi connectivity index (χ0n) is 65.1. The first-order valence-corrected chi connectivity index (χ1v) is 41.5. The number of fused-ring (bicyclic) bond motifs is 18. The van der Waals surface area contributed by atoms with E-state index < -0.39 is 5.41 Å². The number of rotatable bonds is 11. The van der Waals surface area contributed by atoms with Crippen molar-refractivity contribution in [3.8, 4) is 140 Å². The molecule has 23 aromatic rings. The van der Waals surface area contributed by atoms with Crippen LogP contribution in [0.5, 0.6) is 0 Å². The maximum atomic E-state index is 5.48. The van der Waals surface area contributed by atoms with E-state index in [1.165, 1.54) is 137 Å². The van der Waals surface area contributed by atoms with Gasteiger partial charge in [0.25, 0.3) is 0 Å². The Bertz CT molecular complexity index is 8260. The fourth-order valence-electron chi connectivity index (χ4n) is 21.3. The van der Waals surface area contributed by atoms with Crippen LogP contribution in [0.4, 0.5) is 0 Å². The highest BCUT2D eigenvalue weighted by Crippen LogP contribution is 2.59. The van der Waals surface area contributed by atoms with Crippen molar-refractivity contribution in [1.82, 2.24) is 23.7 Å². The third-order valence-corrected chi connectivity index (χ3v) is 26.5. The summed E-state index contributed by atoms with van der Waals surface area (Å²) in [6, 6.07) is 151. The van der Waals surface area contributed by atoms with E-state index in [0.717, 1.165) is 111 Å². The SMILES string of the molecule is c1ccc(-n2c3ccc(-c4cccc(-c5ncc6c7c(cccc57)-c5ccccc5-6)c4)cc3c3cc(-c4ccc5c(c4)c4cc(-c6cccc7c6-c6cccc8c(-c9cccc(-n%10c%11ccccc%11c%11cc(-c%12ccc%13c(c%12)C(c%12ccccc%12)(c%12ccccc%12)c%12ccccc%12-%13)ccc%11%10)c9)ncc-7c68)ccc4n5-c4ccccc4)ccc32)cc1. The molecule has 26 rings (SSSR count). The molecule has 0 unspecified atom stereocenters. The number of para-hydroxylation sites is 3. The number of benzene rings is 18. The second-order valence-electron chi connectivity index (χ2n) is 32.5. The van der Waals surface area contributed by atoms with Gasteiger partial charge < -0.3 is 13.7 Å². The molecule has 3 aliphatic rings. The molecule has 0 spiro atoms. The number of nitrogens with zero attached hydrogens (tertiary/aromatic N) is 5. The molecule has 554 valence electrons. The Hall–Kier alpha value is -15.8. The average molecular weight is 1520 g/mol. The first-order valence-electron chi connectivity index (χ1n) is 41.5. The molecular formula is C115H69N5. The molecule has 5 nitrogen and oxygen atoms in total. The highest BCUT2D eigenvalue weighted by molar-refractivity contribution is 6.22. The lowest BCUT2D eigenvalue weighted by Gasteiger charge is -2.34. The Kier molecular flexibility index (Phi) is 14.2.